The Morgan fingerprint density at radius 3 is 2.28 bits per heavy atom. The molecule has 2 aliphatic heterocycles. The van der Waals surface area contributed by atoms with Gasteiger partial charge in [0.15, 0.2) is 17.4 Å². The number of ether oxygens (including phenoxy) is 4. The quantitative estimate of drug-likeness (QED) is 0.460. The normalized spacial score (nSPS) is 19.8. The molecule has 2 atom stereocenters. The van der Waals surface area contributed by atoms with Crippen molar-refractivity contribution in [3.05, 3.63) is 48.0 Å². The van der Waals surface area contributed by atoms with Gasteiger partial charge in [0.05, 0.1) is 33.6 Å². The maximum atomic E-state index is 13.2. The maximum Gasteiger partial charge on any atom is 0.321 e. The van der Waals surface area contributed by atoms with Crippen LogP contribution in [0.3, 0.4) is 0 Å². The van der Waals surface area contributed by atoms with Crippen LogP contribution in [0.5, 0.6) is 17.2 Å². The van der Waals surface area contributed by atoms with Gasteiger partial charge in [0.1, 0.15) is 11.8 Å². The van der Waals surface area contributed by atoms with Gasteiger partial charge >= 0.3 is 5.97 Å². The molecule has 2 aliphatic rings. The molecule has 10 heteroatoms. The van der Waals surface area contributed by atoms with Crippen molar-refractivity contribution in [2.24, 2.45) is 10.9 Å². The third kappa shape index (κ3) is 5.02. The SMILES string of the molecule is CCOC(=O)[C@H]1C(=O)NC(N2CCN(c3ccccc3OC)CC2)=N[C@H]1c1ccc(OC)c(OC)c1. The minimum absolute atomic E-state index is 0.169. The standard InChI is InChI=1S/C26H32N4O6/c1-5-36-25(32)22-23(17-10-11-20(34-3)21(16-17)35-4)27-26(28-24(22)31)30-14-12-29(13-15-30)18-8-6-7-9-19(18)33-2/h6-11,16,22-23H,5,12-15H2,1-4H3,(H,27,28,31)/t22-,23+/m1/s1. The van der Waals surface area contributed by atoms with Crippen LogP contribution in [0.2, 0.25) is 0 Å². The summed E-state index contributed by atoms with van der Waals surface area (Å²) >= 11 is 0. The Kier molecular flexibility index (Phi) is 7.82. The van der Waals surface area contributed by atoms with Crippen LogP contribution in [0.15, 0.2) is 47.5 Å². The van der Waals surface area contributed by atoms with Gasteiger partial charge in [0, 0.05) is 26.2 Å². The molecule has 0 aromatic heterocycles. The predicted molar refractivity (Wildman–Crippen MR) is 135 cm³/mol. The lowest BCUT2D eigenvalue weighted by atomic mass is 9.91. The number of nitrogens with zero attached hydrogens (tertiary/aromatic N) is 3. The van der Waals surface area contributed by atoms with Crippen molar-refractivity contribution in [2.45, 2.75) is 13.0 Å². The van der Waals surface area contributed by atoms with Gasteiger partial charge in [-0.2, -0.15) is 0 Å². The number of carbonyl (C=O) groups excluding carboxylic acids is 2. The van der Waals surface area contributed by atoms with E-state index in [1.54, 1.807) is 39.3 Å². The Bertz CT molecular complexity index is 1130. The van der Waals surface area contributed by atoms with Gasteiger partial charge in [-0.15, -0.1) is 0 Å². The minimum Gasteiger partial charge on any atom is -0.495 e. The Hall–Kier alpha value is -3.95. The zero-order chi connectivity index (χ0) is 25.7. The van der Waals surface area contributed by atoms with E-state index >= 15 is 0 Å². The molecule has 0 bridgehead atoms. The van der Waals surface area contributed by atoms with E-state index in [0.717, 1.165) is 24.5 Å². The Morgan fingerprint density at radius 1 is 0.944 bits per heavy atom. The number of methoxy groups -OCH3 is 3. The van der Waals surface area contributed by atoms with Crippen molar-refractivity contribution in [3.63, 3.8) is 0 Å². The summed E-state index contributed by atoms with van der Waals surface area (Å²) in [4.78, 5) is 35.1. The van der Waals surface area contributed by atoms with Gasteiger partial charge in [-0.05, 0) is 36.8 Å². The second-order valence-electron chi connectivity index (χ2n) is 8.38. The van der Waals surface area contributed by atoms with Gasteiger partial charge in [-0.3, -0.25) is 14.9 Å². The van der Waals surface area contributed by atoms with E-state index in [-0.39, 0.29) is 6.61 Å². The first-order valence-electron chi connectivity index (χ1n) is 11.9. The number of hydrogen-bond donors (Lipinski definition) is 1. The highest BCUT2D eigenvalue weighted by Gasteiger charge is 2.42. The number of rotatable bonds is 7. The summed E-state index contributed by atoms with van der Waals surface area (Å²) in [6, 6.07) is 12.4. The van der Waals surface area contributed by atoms with Gasteiger partial charge in [0.2, 0.25) is 11.9 Å². The number of amides is 1. The first-order valence-corrected chi connectivity index (χ1v) is 11.9. The molecule has 0 unspecified atom stereocenters. The zero-order valence-corrected chi connectivity index (χ0v) is 21.0. The van der Waals surface area contributed by atoms with Crippen LogP contribution < -0.4 is 24.4 Å². The fraction of sp³-hybridized carbons (Fsp3) is 0.423. The second kappa shape index (κ2) is 11.2. The molecular formula is C26H32N4O6. The predicted octanol–water partition coefficient (Wildman–Crippen LogP) is 2.24. The topological polar surface area (TPSA) is 102 Å². The van der Waals surface area contributed by atoms with Gasteiger partial charge in [-0.1, -0.05) is 18.2 Å². The minimum atomic E-state index is -1.11. The number of hydrogen-bond acceptors (Lipinski definition) is 9. The van der Waals surface area contributed by atoms with Crippen LogP contribution >= 0.6 is 0 Å². The van der Waals surface area contributed by atoms with E-state index in [1.165, 1.54) is 7.11 Å². The van der Waals surface area contributed by atoms with E-state index in [1.807, 2.05) is 29.2 Å². The summed E-state index contributed by atoms with van der Waals surface area (Å²) in [5.74, 6) is 0.141. The monoisotopic (exact) mass is 496 g/mol. The molecule has 36 heavy (non-hydrogen) atoms. The van der Waals surface area contributed by atoms with Gasteiger partial charge in [-0.25, -0.2) is 4.99 Å². The molecule has 2 heterocycles. The number of esters is 1. The van der Waals surface area contributed by atoms with Crippen molar-refractivity contribution in [1.29, 1.82) is 0 Å². The van der Waals surface area contributed by atoms with Crippen molar-refractivity contribution in [2.75, 3.05) is 59.0 Å². The molecule has 192 valence electrons. The zero-order valence-electron chi connectivity index (χ0n) is 21.0. The summed E-state index contributed by atoms with van der Waals surface area (Å²) in [6.45, 7) is 4.59. The number of carbonyl (C=O) groups is 2. The van der Waals surface area contributed by atoms with Crippen LogP contribution in [-0.2, 0) is 14.3 Å². The average Bonchev–Trinajstić information content (AvgIpc) is 2.92. The van der Waals surface area contributed by atoms with E-state index in [9.17, 15) is 9.59 Å². The molecule has 0 spiro atoms. The van der Waals surface area contributed by atoms with Crippen molar-refractivity contribution in [1.82, 2.24) is 10.2 Å². The molecule has 1 fully saturated rings. The van der Waals surface area contributed by atoms with Crippen molar-refractivity contribution >= 4 is 23.5 Å². The maximum absolute atomic E-state index is 13.2. The molecule has 4 rings (SSSR count). The third-order valence-corrected chi connectivity index (χ3v) is 6.39. The van der Waals surface area contributed by atoms with Crippen molar-refractivity contribution in [3.8, 4) is 17.2 Å². The Labute approximate surface area is 210 Å². The van der Waals surface area contributed by atoms with E-state index < -0.39 is 23.8 Å². The fourth-order valence-electron chi connectivity index (χ4n) is 4.55. The summed E-state index contributed by atoms with van der Waals surface area (Å²) in [6.07, 6.45) is 0. The Morgan fingerprint density at radius 2 is 1.61 bits per heavy atom. The summed E-state index contributed by atoms with van der Waals surface area (Å²) in [5, 5.41) is 2.84. The number of piperazine rings is 1. The first kappa shape index (κ1) is 25.2. The molecule has 1 saturated heterocycles. The summed E-state index contributed by atoms with van der Waals surface area (Å²) in [5.41, 5.74) is 1.69. The highest BCUT2D eigenvalue weighted by molar-refractivity contribution is 6.08. The molecule has 2 aromatic rings. The third-order valence-electron chi connectivity index (χ3n) is 6.39. The highest BCUT2D eigenvalue weighted by Crippen LogP contribution is 2.36. The molecule has 0 aliphatic carbocycles. The summed E-state index contributed by atoms with van der Waals surface area (Å²) < 4.78 is 21.5. The Balaban J connectivity index is 1.61. The average molecular weight is 497 g/mol. The lowest BCUT2D eigenvalue weighted by Crippen LogP contribution is -2.57. The number of para-hydroxylation sites is 2. The van der Waals surface area contributed by atoms with Crippen molar-refractivity contribution < 1.29 is 28.5 Å². The second-order valence-corrected chi connectivity index (χ2v) is 8.38. The highest BCUT2D eigenvalue weighted by atomic mass is 16.5. The largest absolute Gasteiger partial charge is 0.495 e. The van der Waals surface area contributed by atoms with Crippen LogP contribution in [-0.4, -0.2) is 76.9 Å². The van der Waals surface area contributed by atoms with Crippen LogP contribution in [0.1, 0.15) is 18.5 Å². The smallest absolute Gasteiger partial charge is 0.321 e. The lowest BCUT2D eigenvalue weighted by Gasteiger charge is -2.40. The number of anilines is 1. The van der Waals surface area contributed by atoms with Crippen LogP contribution in [0, 0.1) is 5.92 Å². The first-order chi connectivity index (χ1) is 17.5. The van der Waals surface area contributed by atoms with Gasteiger partial charge < -0.3 is 28.7 Å². The molecule has 2 aromatic carbocycles. The summed E-state index contributed by atoms with van der Waals surface area (Å²) in [7, 11) is 4.75. The molecular weight excluding hydrogens is 464 g/mol. The number of aliphatic imine (C=N–C) groups is 1. The fourth-order valence-corrected chi connectivity index (χ4v) is 4.55. The molecule has 1 amide bonds. The number of nitrogens with one attached hydrogen (secondary N) is 1. The van der Waals surface area contributed by atoms with Crippen LogP contribution in [0.25, 0.3) is 0 Å². The van der Waals surface area contributed by atoms with E-state index in [0.29, 0.717) is 36.1 Å². The molecule has 0 saturated carbocycles. The molecule has 1 N–H and O–H groups in total. The number of guanidine groups is 1. The lowest BCUT2D eigenvalue weighted by molar-refractivity contribution is -0.153. The van der Waals surface area contributed by atoms with Crippen LogP contribution in [0.4, 0.5) is 5.69 Å². The van der Waals surface area contributed by atoms with E-state index in [2.05, 4.69) is 10.2 Å². The molecule has 10 nitrogen and oxygen atoms in total. The molecule has 0 radical (unpaired) electrons. The van der Waals surface area contributed by atoms with Gasteiger partial charge in [0.25, 0.3) is 0 Å². The number of benzene rings is 2. The van der Waals surface area contributed by atoms with E-state index in [4.69, 9.17) is 23.9 Å².